The molecule has 8 heteroatoms. The number of anilines is 1. The SMILES string of the molecule is CCOc1ccccc1[C@@H]1C(C#N)=C(SCC(N)=O)NC(C)=C1C(=O)Nc1ccccc1. The Hall–Kier alpha value is -3.70. The van der Waals surface area contributed by atoms with Gasteiger partial charge in [0.25, 0.3) is 5.91 Å². The highest BCUT2D eigenvalue weighted by molar-refractivity contribution is 8.03. The highest BCUT2D eigenvalue weighted by atomic mass is 32.2. The van der Waals surface area contributed by atoms with E-state index < -0.39 is 11.8 Å². The summed E-state index contributed by atoms with van der Waals surface area (Å²) in [6.07, 6.45) is 0. The minimum atomic E-state index is -0.678. The number of carbonyl (C=O) groups is 2. The minimum absolute atomic E-state index is 0.00612. The van der Waals surface area contributed by atoms with Crippen LogP contribution in [0.25, 0.3) is 0 Å². The molecule has 7 nitrogen and oxygen atoms in total. The standard InChI is InChI=1S/C24H24N4O3S/c1-3-31-19-12-8-7-11-17(19)22-18(13-25)24(32-14-20(26)29)27-15(2)21(22)23(30)28-16-9-5-4-6-10-16/h4-12,22,27H,3,14H2,1-2H3,(H2,26,29)(H,28,30)/t22-/m1/s1. The monoisotopic (exact) mass is 448 g/mol. The number of ether oxygens (including phenoxy) is 1. The molecule has 1 aliphatic heterocycles. The number of primary amides is 1. The molecule has 32 heavy (non-hydrogen) atoms. The van der Waals surface area contributed by atoms with Crippen LogP contribution < -0.4 is 21.1 Å². The van der Waals surface area contributed by atoms with Gasteiger partial charge in [0, 0.05) is 22.5 Å². The third kappa shape index (κ3) is 5.13. The molecule has 0 aliphatic carbocycles. The van der Waals surface area contributed by atoms with Crippen LogP contribution in [-0.2, 0) is 9.59 Å². The number of nitriles is 1. The third-order valence-corrected chi connectivity index (χ3v) is 5.85. The Balaban J connectivity index is 2.12. The van der Waals surface area contributed by atoms with E-state index in [0.717, 1.165) is 11.8 Å². The van der Waals surface area contributed by atoms with Crippen LogP contribution in [0, 0.1) is 11.3 Å². The Kier molecular flexibility index (Phi) is 7.58. The van der Waals surface area contributed by atoms with Gasteiger partial charge in [-0.05, 0) is 32.0 Å². The number of amides is 2. The summed E-state index contributed by atoms with van der Waals surface area (Å²) in [5, 5.41) is 16.6. The van der Waals surface area contributed by atoms with Gasteiger partial charge in [-0.15, -0.1) is 0 Å². The number of dihydropyridines is 1. The van der Waals surface area contributed by atoms with E-state index in [1.807, 2.05) is 49.4 Å². The number of nitrogens with two attached hydrogens (primary N) is 1. The van der Waals surface area contributed by atoms with Crippen LogP contribution in [0.15, 0.2) is 76.5 Å². The van der Waals surface area contributed by atoms with E-state index in [2.05, 4.69) is 16.7 Å². The third-order valence-electron chi connectivity index (χ3n) is 4.81. The molecule has 0 unspecified atom stereocenters. The number of allylic oxidation sites excluding steroid dienone is 2. The molecule has 2 amide bonds. The lowest BCUT2D eigenvalue weighted by molar-refractivity contribution is -0.115. The molecular weight excluding hydrogens is 424 g/mol. The van der Waals surface area contributed by atoms with Crippen LogP contribution >= 0.6 is 11.8 Å². The average molecular weight is 449 g/mol. The maximum absolute atomic E-state index is 13.4. The van der Waals surface area contributed by atoms with Gasteiger partial charge in [-0.3, -0.25) is 9.59 Å². The maximum atomic E-state index is 13.4. The lowest BCUT2D eigenvalue weighted by Crippen LogP contribution is -2.31. The van der Waals surface area contributed by atoms with E-state index in [4.69, 9.17) is 10.5 Å². The molecule has 4 N–H and O–H groups in total. The van der Waals surface area contributed by atoms with Crippen molar-refractivity contribution < 1.29 is 14.3 Å². The quantitative estimate of drug-likeness (QED) is 0.568. The maximum Gasteiger partial charge on any atom is 0.254 e. The number of hydrogen-bond acceptors (Lipinski definition) is 6. The largest absolute Gasteiger partial charge is 0.494 e. The smallest absolute Gasteiger partial charge is 0.254 e. The summed E-state index contributed by atoms with van der Waals surface area (Å²) < 4.78 is 5.81. The molecule has 3 rings (SSSR count). The van der Waals surface area contributed by atoms with Crippen molar-refractivity contribution in [2.45, 2.75) is 19.8 Å². The van der Waals surface area contributed by atoms with Gasteiger partial charge in [0.05, 0.1) is 34.9 Å². The van der Waals surface area contributed by atoms with Crippen molar-refractivity contribution in [2.75, 3.05) is 17.7 Å². The highest BCUT2D eigenvalue weighted by Gasteiger charge is 2.36. The van der Waals surface area contributed by atoms with Crippen molar-refractivity contribution in [3.63, 3.8) is 0 Å². The predicted molar refractivity (Wildman–Crippen MR) is 126 cm³/mol. The van der Waals surface area contributed by atoms with Gasteiger partial charge in [0.15, 0.2) is 0 Å². The molecule has 0 saturated carbocycles. The molecule has 0 aromatic heterocycles. The number of hydrogen-bond donors (Lipinski definition) is 3. The fraction of sp³-hybridized carbons (Fsp3) is 0.208. The van der Waals surface area contributed by atoms with Crippen LogP contribution in [0.1, 0.15) is 25.3 Å². The number of rotatable bonds is 8. The summed E-state index contributed by atoms with van der Waals surface area (Å²) in [5.74, 6) is -0.910. The molecule has 1 atom stereocenters. The zero-order valence-corrected chi connectivity index (χ0v) is 18.7. The number of nitrogens with zero attached hydrogens (tertiary/aromatic N) is 1. The number of carbonyl (C=O) groups excluding carboxylic acids is 2. The van der Waals surface area contributed by atoms with Crippen molar-refractivity contribution in [1.82, 2.24) is 5.32 Å². The van der Waals surface area contributed by atoms with E-state index >= 15 is 0 Å². The van der Waals surface area contributed by atoms with Gasteiger partial charge in [0.2, 0.25) is 5.91 Å². The van der Waals surface area contributed by atoms with Gasteiger partial charge in [-0.25, -0.2) is 0 Å². The van der Waals surface area contributed by atoms with Crippen molar-refractivity contribution in [1.29, 1.82) is 5.26 Å². The van der Waals surface area contributed by atoms with E-state index in [0.29, 0.717) is 45.5 Å². The first-order chi connectivity index (χ1) is 15.5. The number of nitrogens with one attached hydrogen (secondary N) is 2. The van der Waals surface area contributed by atoms with Gasteiger partial charge in [0.1, 0.15) is 5.75 Å². The van der Waals surface area contributed by atoms with Crippen LogP contribution in [-0.4, -0.2) is 24.2 Å². The molecule has 1 heterocycles. The topological polar surface area (TPSA) is 117 Å². The molecule has 0 fully saturated rings. The number of para-hydroxylation sites is 2. The summed E-state index contributed by atoms with van der Waals surface area (Å²) in [7, 11) is 0. The molecular formula is C24H24N4O3S. The van der Waals surface area contributed by atoms with Crippen LogP contribution in [0.3, 0.4) is 0 Å². The zero-order valence-electron chi connectivity index (χ0n) is 17.8. The van der Waals surface area contributed by atoms with Crippen LogP contribution in [0.4, 0.5) is 5.69 Å². The average Bonchev–Trinajstić information content (AvgIpc) is 2.78. The second-order valence-electron chi connectivity index (χ2n) is 7.00. The fourth-order valence-electron chi connectivity index (χ4n) is 3.51. The number of benzene rings is 2. The van der Waals surface area contributed by atoms with Crippen molar-refractivity contribution in [3.05, 3.63) is 82.0 Å². The molecule has 0 spiro atoms. The number of thioether (sulfide) groups is 1. The van der Waals surface area contributed by atoms with Crippen LogP contribution in [0.2, 0.25) is 0 Å². The summed E-state index contributed by atoms with van der Waals surface area (Å²) >= 11 is 1.14. The molecule has 0 radical (unpaired) electrons. The van der Waals surface area contributed by atoms with Gasteiger partial charge in [-0.1, -0.05) is 48.2 Å². The summed E-state index contributed by atoms with van der Waals surface area (Å²) in [5.41, 5.74) is 7.97. The van der Waals surface area contributed by atoms with Gasteiger partial charge in [-0.2, -0.15) is 5.26 Å². The summed E-state index contributed by atoms with van der Waals surface area (Å²) in [4.78, 5) is 24.8. The van der Waals surface area contributed by atoms with E-state index in [-0.39, 0.29) is 11.7 Å². The first kappa shape index (κ1) is 23.0. The van der Waals surface area contributed by atoms with Crippen molar-refractivity contribution in [2.24, 2.45) is 5.73 Å². The Morgan fingerprint density at radius 2 is 1.88 bits per heavy atom. The van der Waals surface area contributed by atoms with Crippen molar-refractivity contribution >= 4 is 29.3 Å². The molecule has 0 bridgehead atoms. The molecule has 2 aromatic rings. The molecule has 0 saturated heterocycles. The van der Waals surface area contributed by atoms with Crippen LogP contribution in [0.5, 0.6) is 5.75 Å². The summed E-state index contributed by atoms with van der Waals surface area (Å²) in [6.45, 7) is 4.08. The Morgan fingerprint density at radius 3 is 2.53 bits per heavy atom. The van der Waals surface area contributed by atoms with E-state index in [9.17, 15) is 14.9 Å². The van der Waals surface area contributed by atoms with Gasteiger partial charge < -0.3 is 21.1 Å². The molecule has 1 aliphatic rings. The lowest BCUT2D eigenvalue weighted by Gasteiger charge is -2.30. The lowest BCUT2D eigenvalue weighted by atomic mass is 9.81. The Morgan fingerprint density at radius 1 is 1.19 bits per heavy atom. The van der Waals surface area contributed by atoms with Gasteiger partial charge >= 0.3 is 0 Å². The first-order valence-corrected chi connectivity index (χ1v) is 11.1. The fourth-order valence-corrected chi connectivity index (χ4v) is 4.34. The predicted octanol–water partition coefficient (Wildman–Crippen LogP) is 3.64. The highest BCUT2D eigenvalue weighted by Crippen LogP contribution is 2.43. The second-order valence-corrected chi connectivity index (χ2v) is 7.98. The second kappa shape index (κ2) is 10.6. The Bertz CT molecular complexity index is 1120. The Labute approximate surface area is 191 Å². The normalized spacial score (nSPS) is 15.6. The van der Waals surface area contributed by atoms with Crippen molar-refractivity contribution in [3.8, 4) is 11.8 Å². The van der Waals surface area contributed by atoms with E-state index in [1.54, 1.807) is 19.1 Å². The van der Waals surface area contributed by atoms with E-state index in [1.165, 1.54) is 0 Å². The summed E-state index contributed by atoms with van der Waals surface area (Å²) in [6, 6.07) is 18.7. The first-order valence-electron chi connectivity index (χ1n) is 10.1. The molecule has 2 aromatic carbocycles. The zero-order chi connectivity index (χ0) is 23.1. The molecule has 164 valence electrons. The minimum Gasteiger partial charge on any atom is -0.494 e.